The number of likely N-dealkylation sites (tertiary alicyclic amines) is 1. The molecule has 1 saturated heterocycles. The summed E-state index contributed by atoms with van der Waals surface area (Å²) in [5.74, 6) is 1.12. The van der Waals surface area contributed by atoms with Crippen LogP contribution >= 0.6 is 0 Å². The normalized spacial score (nSPS) is 16.0. The number of carbonyl (C=O) groups is 1. The Morgan fingerprint density at radius 3 is 2.76 bits per heavy atom. The molecule has 0 unspecified atom stereocenters. The number of hydrogen-bond donors (Lipinski definition) is 1. The molecule has 0 spiro atoms. The van der Waals surface area contributed by atoms with E-state index in [1.165, 1.54) is 6.33 Å². The van der Waals surface area contributed by atoms with Gasteiger partial charge in [-0.1, -0.05) is 0 Å². The van der Waals surface area contributed by atoms with Gasteiger partial charge in [0.15, 0.2) is 0 Å². The van der Waals surface area contributed by atoms with Crippen LogP contribution in [0.3, 0.4) is 0 Å². The fraction of sp³-hybridized carbons (Fsp3) is 0.462. The molecular weight excluding hydrogens is 270 g/mol. The summed E-state index contributed by atoms with van der Waals surface area (Å²) in [4.78, 5) is 28.2. The predicted octanol–water partition coefficient (Wildman–Crippen LogP) is 0.336. The van der Waals surface area contributed by atoms with Gasteiger partial charge in [0, 0.05) is 32.4 Å². The Kier molecular flexibility index (Phi) is 3.76. The summed E-state index contributed by atoms with van der Waals surface area (Å²) in [6.07, 6.45) is 6.44. The third kappa shape index (κ3) is 2.83. The molecule has 1 fully saturated rings. The standard InChI is InChI=1S/C13H17N7O/c1-19(11-2-5-14-8-15-11)10-3-6-20(7-4-10)13(21)12-16-9-17-18-12/h2,5,8-10H,3-4,6-7H2,1H3,(H,16,17,18). The number of nitrogens with zero attached hydrogens (tertiary/aromatic N) is 6. The van der Waals surface area contributed by atoms with Gasteiger partial charge in [-0.25, -0.2) is 15.0 Å². The van der Waals surface area contributed by atoms with E-state index in [1.54, 1.807) is 12.5 Å². The van der Waals surface area contributed by atoms with Crippen LogP contribution in [-0.4, -0.2) is 62.1 Å². The number of rotatable bonds is 3. The smallest absolute Gasteiger partial charge is 0.291 e. The van der Waals surface area contributed by atoms with Gasteiger partial charge in [-0.2, -0.15) is 5.10 Å². The first-order valence-electron chi connectivity index (χ1n) is 6.89. The number of anilines is 1. The van der Waals surface area contributed by atoms with E-state index in [4.69, 9.17) is 0 Å². The number of nitrogens with one attached hydrogen (secondary N) is 1. The molecule has 110 valence electrons. The molecule has 1 amide bonds. The minimum absolute atomic E-state index is 0.0874. The Labute approximate surface area is 122 Å². The Balaban J connectivity index is 1.59. The third-order valence-corrected chi connectivity index (χ3v) is 3.84. The SMILES string of the molecule is CN(c1ccncn1)C1CCN(C(=O)c2ncn[nH]2)CC1. The van der Waals surface area contributed by atoms with Crippen molar-refractivity contribution in [3.63, 3.8) is 0 Å². The molecule has 0 radical (unpaired) electrons. The molecule has 0 saturated carbocycles. The Hall–Kier alpha value is -2.51. The Bertz CT molecular complexity index is 578. The van der Waals surface area contributed by atoms with Crippen LogP contribution in [0.25, 0.3) is 0 Å². The molecule has 0 aromatic carbocycles. The van der Waals surface area contributed by atoms with E-state index < -0.39 is 0 Å². The molecule has 8 heteroatoms. The van der Waals surface area contributed by atoms with E-state index in [0.29, 0.717) is 25.0 Å². The number of H-pyrrole nitrogens is 1. The van der Waals surface area contributed by atoms with Crippen molar-refractivity contribution in [1.29, 1.82) is 0 Å². The average Bonchev–Trinajstić information content (AvgIpc) is 3.09. The van der Waals surface area contributed by atoms with Crippen LogP contribution in [0.1, 0.15) is 23.5 Å². The summed E-state index contributed by atoms with van der Waals surface area (Å²) in [5, 5.41) is 6.33. The average molecular weight is 287 g/mol. The van der Waals surface area contributed by atoms with E-state index >= 15 is 0 Å². The maximum Gasteiger partial charge on any atom is 0.291 e. The number of aromatic amines is 1. The highest BCUT2D eigenvalue weighted by Gasteiger charge is 2.27. The van der Waals surface area contributed by atoms with Crippen molar-refractivity contribution < 1.29 is 4.79 Å². The summed E-state index contributed by atoms with van der Waals surface area (Å²) >= 11 is 0. The lowest BCUT2D eigenvalue weighted by molar-refractivity contribution is 0.0701. The first-order chi connectivity index (χ1) is 10.3. The highest BCUT2D eigenvalue weighted by Crippen LogP contribution is 2.20. The maximum atomic E-state index is 12.2. The molecule has 21 heavy (non-hydrogen) atoms. The second-order valence-corrected chi connectivity index (χ2v) is 5.04. The van der Waals surface area contributed by atoms with Crippen molar-refractivity contribution in [1.82, 2.24) is 30.0 Å². The van der Waals surface area contributed by atoms with Crippen LogP contribution in [0.2, 0.25) is 0 Å². The van der Waals surface area contributed by atoms with Gasteiger partial charge < -0.3 is 9.80 Å². The molecule has 8 nitrogen and oxygen atoms in total. The van der Waals surface area contributed by atoms with Crippen LogP contribution in [-0.2, 0) is 0 Å². The third-order valence-electron chi connectivity index (χ3n) is 3.84. The van der Waals surface area contributed by atoms with Crippen molar-refractivity contribution in [3.8, 4) is 0 Å². The zero-order valence-electron chi connectivity index (χ0n) is 11.8. The zero-order valence-corrected chi connectivity index (χ0v) is 11.8. The Morgan fingerprint density at radius 2 is 2.14 bits per heavy atom. The largest absolute Gasteiger partial charge is 0.356 e. The molecule has 1 aliphatic heterocycles. The lowest BCUT2D eigenvalue weighted by atomic mass is 10.0. The zero-order chi connectivity index (χ0) is 14.7. The van der Waals surface area contributed by atoms with Crippen molar-refractivity contribution in [3.05, 3.63) is 30.7 Å². The van der Waals surface area contributed by atoms with Gasteiger partial charge in [-0.3, -0.25) is 9.89 Å². The van der Waals surface area contributed by atoms with E-state index in [2.05, 4.69) is 30.0 Å². The minimum atomic E-state index is -0.0874. The number of aromatic nitrogens is 5. The van der Waals surface area contributed by atoms with Gasteiger partial charge in [0.05, 0.1) is 0 Å². The van der Waals surface area contributed by atoms with E-state index in [1.807, 2.05) is 18.0 Å². The molecule has 3 rings (SSSR count). The van der Waals surface area contributed by atoms with Gasteiger partial charge in [-0.05, 0) is 18.9 Å². The van der Waals surface area contributed by atoms with Gasteiger partial charge in [0.25, 0.3) is 5.91 Å². The lowest BCUT2D eigenvalue weighted by Gasteiger charge is -2.36. The van der Waals surface area contributed by atoms with Crippen molar-refractivity contribution >= 4 is 11.7 Å². The number of piperidine rings is 1. The number of hydrogen-bond acceptors (Lipinski definition) is 6. The van der Waals surface area contributed by atoms with Crippen LogP contribution in [0.15, 0.2) is 24.9 Å². The summed E-state index contributed by atoms with van der Waals surface area (Å²) in [6.45, 7) is 1.42. The first-order valence-corrected chi connectivity index (χ1v) is 6.89. The van der Waals surface area contributed by atoms with Crippen LogP contribution in [0.5, 0.6) is 0 Å². The predicted molar refractivity (Wildman–Crippen MR) is 75.7 cm³/mol. The van der Waals surface area contributed by atoms with Gasteiger partial charge in [0.2, 0.25) is 5.82 Å². The number of carbonyl (C=O) groups excluding carboxylic acids is 1. The maximum absolute atomic E-state index is 12.2. The number of amides is 1. The molecule has 1 aliphatic rings. The first kappa shape index (κ1) is 13.5. The molecule has 1 N–H and O–H groups in total. The summed E-state index contributed by atoms with van der Waals surface area (Å²) in [7, 11) is 2.03. The van der Waals surface area contributed by atoms with Gasteiger partial charge in [0.1, 0.15) is 18.5 Å². The second kappa shape index (κ2) is 5.86. The molecular formula is C13H17N7O. The van der Waals surface area contributed by atoms with E-state index in [0.717, 1.165) is 18.7 Å². The van der Waals surface area contributed by atoms with E-state index in [9.17, 15) is 4.79 Å². The molecule has 0 aliphatic carbocycles. The summed E-state index contributed by atoms with van der Waals surface area (Å²) in [6, 6.07) is 2.27. The Morgan fingerprint density at radius 1 is 1.33 bits per heavy atom. The van der Waals surface area contributed by atoms with E-state index in [-0.39, 0.29) is 5.91 Å². The topological polar surface area (TPSA) is 90.9 Å². The van der Waals surface area contributed by atoms with Crippen molar-refractivity contribution in [2.45, 2.75) is 18.9 Å². The second-order valence-electron chi connectivity index (χ2n) is 5.04. The fourth-order valence-electron chi connectivity index (χ4n) is 2.59. The fourth-order valence-corrected chi connectivity index (χ4v) is 2.59. The van der Waals surface area contributed by atoms with Crippen molar-refractivity contribution in [2.24, 2.45) is 0 Å². The summed E-state index contributed by atoms with van der Waals surface area (Å²) in [5.41, 5.74) is 0. The molecule has 0 atom stereocenters. The monoisotopic (exact) mass is 287 g/mol. The quantitative estimate of drug-likeness (QED) is 0.875. The van der Waals surface area contributed by atoms with Crippen LogP contribution < -0.4 is 4.90 Å². The highest BCUT2D eigenvalue weighted by atomic mass is 16.2. The minimum Gasteiger partial charge on any atom is -0.356 e. The van der Waals surface area contributed by atoms with Gasteiger partial charge >= 0.3 is 0 Å². The molecule has 2 aromatic heterocycles. The van der Waals surface area contributed by atoms with Gasteiger partial charge in [-0.15, -0.1) is 0 Å². The lowest BCUT2D eigenvalue weighted by Crippen LogP contribution is -2.46. The van der Waals surface area contributed by atoms with Crippen LogP contribution in [0.4, 0.5) is 5.82 Å². The van der Waals surface area contributed by atoms with Crippen molar-refractivity contribution in [2.75, 3.05) is 25.0 Å². The summed E-state index contributed by atoms with van der Waals surface area (Å²) < 4.78 is 0. The molecule has 0 bridgehead atoms. The molecule has 2 aromatic rings. The van der Waals surface area contributed by atoms with Crippen LogP contribution in [0, 0.1) is 0 Å². The molecule has 3 heterocycles. The highest BCUT2D eigenvalue weighted by molar-refractivity contribution is 5.90.